The van der Waals surface area contributed by atoms with Crippen molar-refractivity contribution in [3.05, 3.63) is 0 Å². The Labute approximate surface area is 106 Å². The average Bonchev–Trinajstić information content (AvgIpc) is 3.10. The third kappa shape index (κ3) is 4.62. The Balaban J connectivity index is 2.26. The molecule has 6 nitrogen and oxygen atoms in total. The molecule has 0 aromatic rings. The van der Waals surface area contributed by atoms with Crippen LogP contribution in [0.2, 0.25) is 0 Å². The minimum Gasteiger partial charge on any atom is -0.466 e. The van der Waals surface area contributed by atoms with Crippen molar-refractivity contribution in [3.8, 4) is 0 Å². The van der Waals surface area contributed by atoms with Crippen molar-refractivity contribution >= 4 is 11.9 Å². The van der Waals surface area contributed by atoms with E-state index in [4.69, 9.17) is 9.47 Å². The Morgan fingerprint density at radius 3 is 2.06 bits per heavy atom. The molecule has 0 aliphatic carbocycles. The highest BCUT2D eigenvalue weighted by molar-refractivity contribution is 5.85. The van der Waals surface area contributed by atoms with Gasteiger partial charge in [0.1, 0.15) is 6.42 Å². The van der Waals surface area contributed by atoms with E-state index in [0.29, 0.717) is 13.2 Å². The minimum atomic E-state index is -1.56. The van der Waals surface area contributed by atoms with E-state index in [1.54, 1.807) is 0 Å². The second-order valence-electron chi connectivity index (χ2n) is 4.16. The van der Waals surface area contributed by atoms with Crippen molar-refractivity contribution in [2.75, 3.05) is 13.2 Å². The molecule has 0 radical (unpaired) electrons. The monoisotopic (exact) mass is 260 g/mol. The van der Waals surface area contributed by atoms with Gasteiger partial charge in [0.2, 0.25) is 0 Å². The second kappa shape index (κ2) is 7.33. The summed E-state index contributed by atoms with van der Waals surface area (Å²) in [6.45, 7) is 4.62. The first-order chi connectivity index (χ1) is 8.64. The zero-order valence-electron chi connectivity index (χ0n) is 10.9. The number of rotatable bonds is 9. The summed E-state index contributed by atoms with van der Waals surface area (Å²) in [7, 11) is 0. The number of hydrogen-bond acceptors (Lipinski definition) is 6. The van der Waals surface area contributed by atoms with Crippen molar-refractivity contribution < 1.29 is 28.8 Å². The molecule has 0 aromatic carbocycles. The Kier molecular flexibility index (Phi) is 6.07. The minimum absolute atomic E-state index is 0.262. The van der Waals surface area contributed by atoms with E-state index in [9.17, 15) is 9.59 Å². The SMILES string of the molecule is CCCCOC(=O)CC1(C(=O)OCCCC)OO1. The third-order valence-electron chi connectivity index (χ3n) is 2.46. The van der Waals surface area contributed by atoms with E-state index in [0.717, 1.165) is 25.7 Å². The lowest BCUT2D eigenvalue weighted by molar-refractivity contribution is -0.157. The highest BCUT2D eigenvalue weighted by Gasteiger charge is 2.60. The van der Waals surface area contributed by atoms with Gasteiger partial charge < -0.3 is 9.47 Å². The first-order valence-corrected chi connectivity index (χ1v) is 6.34. The van der Waals surface area contributed by atoms with Crippen LogP contribution in [-0.2, 0) is 28.8 Å². The molecule has 6 heteroatoms. The van der Waals surface area contributed by atoms with Gasteiger partial charge in [-0.05, 0) is 12.8 Å². The standard InChI is InChI=1S/C12H20O6/c1-3-5-7-15-10(13)9-12(17-18-12)11(14)16-8-6-4-2/h3-9H2,1-2H3. The van der Waals surface area contributed by atoms with Gasteiger partial charge in [0.15, 0.2) is 0 Å². The largest absolute Gasteiger partial charge is 0.466 e. The van der Waals surface area contributed by atoms with E-state index in [-0.39, 0.29) is 6.42 Å². The summed E-state index contributed by atoms with van der Waals surface area (Å²) in [5.74, 6) is -2.74. The number of carbonyl (C=O) groups excluding carboxylic acids is 2. The Hall–Kier alpha value is -1.14. The van der Waals surface area contributed by atoms with Gasteiger partial charge in [-0.25, -0.2) is 4.79 Å². The van der Waals surface area contributed by atoms with Crippen LogP contribution in [0.3, 0.4) is 0 Å². The Bertz CT molecular complexity index is 284. The molecule has 1 aliphatic heterocycles. The topological polar surface area (TPSA) is 77.7 Å². The molecule has 0 aromatic heterocycles. The highest BCUT2D eigenvalue weighted by Crippen LogP contribution is 2.35. The second-order valence-corrected chi connectivity index (χ2v) is 4.16. The normalized spacial score (nSPS) is 16.1. The molecule has 0 bridgehead atoms. The summed E-state index contributed by atoms with van der Waals surface area (Å²) in [5, 5.41) is 0. The molecule has 0 N–H and O–H groups in total. The predicted molar refractivity (Wildman–Crippen MR) is 61.3 cm³/mol. The number of unbranched alkanes of at least 4 members (excludes halogenated alkanes) is 2. The molecule has 104 valence electrons. The van der Waals surface area contributed by atoms with Crippen LogP contribution in [0.25, 0.3) is 0 Å². The summed E-state index contributed by atoms with van der Waals surface area (Å²) in [6.07, 6.45) is 3.15. The average molecular weight is 260 g/mol. The van der Waals surface area contributed by atoms with Crippen molar-refractivity contribution in [3.63, 3.8) is 0 Å². The molecule has 0 saturated carbocycles. The van der Waals surface area contributed by atoms with Crippen molar-refractivity contribution in [2.45, 2.75) is 51.7 Å². The summed E-state index contributed by atoms with van der Waals surface area (Å²) in [6, 6.07) is 0. The van der Waals surface area contributed by atoms with Crippen LogP contribution in [0.5, 0.6) is 0 Å². The van der Waals surface area contributed by atoms with Gasteiger partial charge in [-0.1, -0.05) is 26.7 Å². The molecular formula is C12H20O6. The van der Waals surface area contributed by atoms with E-state index < -0.39 is 17.7 Å². The first-order valence-electron chi connectivity index (χ1n) is 6.34. The van der Waals surface area contributed by atoms with Crippen LogP contribution >= 0.6 is 0 Å². The fourth-order valence-electron chi connectivity index (χ4n) is 1.24. The molecule has 0 spiro atoms. The maximum Gasteiger partial charge on any atom is 0.373 e. The predicted octanol–water partition coefficient (Wildman–Crippen LogP) is 1.72. The number of esters is 2. The Morgan fingerprint density at radius 2 is 1.56 bits per heavy atom. The molecular weight excluding hydrogens is 240 g/mol. The molecule has 1 saturated heterocycles. The highest BCUT2D eigenvalue weighted by atomic mass is 17.4. The van der Waals surface area contributed by atoms with Crippen LogP contribution in [0, 0.1) is 0 Å². The molecule has 18 heavy (non-hydrogen) atoms. The fourth-order valence-corrected chi connectivity index (χ4v) is 1.24. The maximum atomic E-state index is 11.6. The molecule has 0 amide bonds. The van der Waals surface area contributed by atoms with Gasteiger partial charge in [-0.15, -0.1) is 0 Å². The quantitative estimate of drug-likeness (QED) is 0.272. The molecule has 1 aliphatic rings. The molecule has 1 rings (SSSR count). The van der Waals surface area contributed by atoms with E-state index in [1.807, 2.05) is 13.8 Å². The molecule has 1 fully saturated rings. The van der Waals surface area contributed by atoms with Gasteiger partial charge in [0.25, 0.3) is 0 Å². The zero-order valence-corrected chi connectivity index (χ0v) is 10.9. The van der Waals surface area contributed by atoms with E-state index in [2.05, 4.69) is 9.78 Å². The molecule has 0 atom stereocenters. The van der Waals surface area contributed by atoms with Gasteiger partial charge in [-0.3, -0.25) is 4.79 Å². The van der Waals surface area contributed by atoms with Gasteiger partial charge in [0.05, 0.1) is 13.2 Å². The van der Waals surface area contributed by atoms with Gasteiger partial charge in [0, 0.05) is 0 Å². The van der Waals surface area contributed by atoms with Crippen LogP contribution in [0.15, 0.2) is 0 Å². The van der Waals surface area contributed by atoms with Crippen LogP contribution in [0.4, 0.5) is 0 Å². The van der Waals surface area contributed by atoms with Crippen molar-refractivity contribution in [2.24, 2.45) is 0 Å². The Morgan fingerprint density at radius 1 is 1.00 bits per heavy atom. The third-order valence-corrected chi connectivity index (χ3v) is 2.46. The summed E-state index contributed by atoms with van der Waals surface area (Å²) < 4.78 is 9.87. The smallest absolute Gasteiger partial charge is 0.373 e. The number of ether oxygens (including phenoxy) is 2. The lowest BCUT2D eigenvalue weighted by Gasteiger charge is -2.08. The van der Waals surface area contributed by atoms with Crippen molar-refractivity contribution in [1.29, 1.82) is 0 Å². The van der Waals surface area contributed by atoms with Gasteiger partial charge in [-0.2, -0.15) is 9.78 Å². The molecule has 0 unspecified atom stereocenters. The van der Waals surface area contributed by atoms with Crippen molar-refractivity contribution in [1.82, 2.24) is 0 Å². The van der Waals surface area contributed by atoms with E-state index in [1.165, 1.54) is 0 Å². The van der Waals surface area contributed by atoms with Crippen LogP contribution in [-0.4, -0.2) is 30.9 Å². The van der Waals surface area contributed by atoms with Crippen LogP contribution < -0.4 is 0 Å². The fraction of sp³-hybridized carbons (Fsp3) is 0.833. The lowest BCUT2D eigenvalue weighted by Crippen LogP contribution is -2.30. The van der Waals surface area contributed by atoms with E-state index >= 15 is 0 Å². The number of carbonyl (C=O) groups is 2. The summed E-state index contributed by atoms with van der Waals surface area (Å²) in [5.41, 5.74) is 0. The van der Waals surface area contributed by atoms with Gasteiger partial charge >= 0.3 is 17.7 Å². The first kappa shape index (κ1) is 14.9. The summed E-state index contributed by atoms with van der Waals surface area (Å²) >= 11 is 0. The summed E-state index contributed by atoms with van der Waals surface area (Å²) in [4.78, 5) is 32.2. The maximum absolute atomic E-state index is 11.6. The zero-order chi connectivity index (χ0) is 13.4. The molecule has 1 heterocycles. The number of hydrogen-bond donors (Lipinski definition) is 0. The lowest BCUT2D eigenvalue weighted by atomic mass is 10.2. The van der Waals surface area contributed by atoms with Crippen LogP contribution in [0.1, 0.15) is 46.0 Å².